The molecule has 0 rings (SSSR count). The standard InChI is InChI=1S/C9H18N2O2S/c1-3-11-9(2,6-10)7-14-5-8(13)4-12/h8,11-13H,3-5,7H2,1-2H3. The summed E-state index contributed by atoms with van der Waals surface area (Å²) in [7, 11) is 0. The van der Waals surface area contributed by atoms with Crippen molar-refractivity contribution in [2.24, 2.45) is 0 Å². The van der Waals surface area contributed by atoms with Crippen LogP contribution in [0.5, 0.6) is 0 Å². The molecule has 0 aliphatic rings. The van der Waals surface area contributed by atoms with Crippen molar-refractivity contribution in [1.29, 1.82) is 5.26 Å². The van der Waals surface area contributed by atoms with Crippen LogP contribution in [0, 0.1) is 11.3 Å². The summed E-state index contributed by atoms with van der Waals surface area (Å²) in [5.74, 6) is 1.06. The van der Waals surface area contributed by atoms with Gasteiger partial charge in [-0.15, -0.1) is 0 Å². The molecule has 2 unspecified atom stereocenters. The summed E-state index contributed by atoms with van der Waals surface area (Å²) in [4.78, 5) is 0. The SMILES string of the molecule is CCNC(C)(C#N)CSCC(O)CO. The van der Waals surface area contributed by atoms with E-state index in [-0.39, 0.29) is 6.61 Å². The van der Waals surface area contributed by atoms with Crippen LogP contribution < -0.4 is 5.32 Å². The van der Waals surface area contributed by atoms with Gasteiger partial charge < -0.3 is 10.2 Å². The number of aliphatic hydroxyl groups is 2. The molecular formula is C9H18N2O2S. The zero-order chi connectivity index (χ0) is 11.0. The number of aliphatic hydroxyl groups excluding tert-OH is 2. The minimum absolute atomic E-state index is 0.225. The maximum atomic E-state index is 9.08. The fourth-order valence-corrected chi connectivity index (χ4v) is 2.03. The number of thioether (sulfide) groups is 1. The van der Waals surface area contributed by atoms with E-state index in [2.05, 4.69) is 11.4 Å². The quantitative estimate of drug-likeness (QED) is 0.559. The van der Waals surface area contributed by atoms with Crippen LogP contribution in [-0.2, 0) is 0 Å². The highest BCUT2D eigenvalue weighted by atomic mass is 32.2. The van der Waals surface area contributed by atoms with Gasteiger partial charge in [-0.25, -0.2) is 0 Å². The lowest BCUT2D eigenvalue weighted by atomic mass is 10.1. The third kappa shape index (κ3) is 5.45. The second-order valence-electron chi connectivity index (χ2n) is 3.33. The molecule has 0 saturated carbocycles. The lowest BCUT2D eigenvalue weighted by molar-refractivity contribution is 0.113. The van der Waals surface area contributed by atoms with Crippen LogP contribution in [0.2, 0.25) is 0 Å². The fraction of sp³-hybridized carbons (Fsp3) is 0.889. The van der Waals surface area contributed by atoms with Gasteiger partial charge in [-0.3, -0.25) is 5.32 Å². The lowest BCUT2D eigenvalue weighted by Crippen LogP contribution is -2.43. The van der Waals surface area contributed by atoms with Gasteiger partial charge in [-0.1, -0.05) is 6.92 Å². The molecule has 4 nitrogen and oxygen atoms in total. The Morgan fingerprint density at radius 3 is 2.71 bits per heavy atom. The number of nitrogens with zero attached hydrogens (tertiary/aromatic N) is 1. The molecule has 0 aromatic carbocycles. The summed E-state index contributed by atoms with van der Waals surface area (Å²) < 4.78 is 0. The first-order chi connectivity index (χ1) is 6.58. The molecule has 0 aromatic rings. The largest absolute Gasteiger partial charge is 0.394 e. The van der Waals surface area contributed by atoms with Crippen LogP contribution >= 0.6 is 11.8 Å². The molecule has 0 radical (unpaired) electrons. The summed E-state index contributed by atoms with van der Waals surface area (Å²) >= 11 is 1.46. The van der Waals surface area contributed by atoms with Crippen molar-refractivity contribution in [3.63, 3.8) is 0 Å². The second kappa shape index (κ2) is 7.07. The number of hydrogen-bond donors (Lipinski definition) is 3. The van der Waals surface area contributed by atoms with Crippen LogP contribution in [0.15, 0.2) is 0 Å². The molecule has 0 saturated heterocycles. The summed E-state index contributed by atoms with van der Waals surface area (Å²) in [5, 5.41) is 29.6. The molecule has 0 aliphatic heterocycles. The van der Waals surface area contributed by atoms with Crippen molar-refractivity contribution >= 4 is 11.8 Å². The van der Waals surface area contributed by atoms with Crippen LogP contribution in [0.25, 0.3) is 0 Å². The number of rotatable bonds is 7. The lowest BCUT2D eigenvalue weighted by Gasteiger charge is -2.22. The Morgan fingerprint density at radius 2 is 2.29 bits per heavy atom. The monoisotopic (exact) mass is 218 g/mol. The van der Waals surface area contributed by atoms with E-state index in [1.165, 1.54) is 11.8 Å². The Labute approximate surface area is 89.3 Å². The van der Waals surface area contributed by atoms with Gasteiger partial charge >= 0.3 is 0 Å². The first kappa shape index (κ1) is 13.7. The molecule has 2 atom stereocenters. The molecule has 0 spiro atoms. The molecule has 5 heteroatoms. The molecule has 0 aromatic heterocycles. The highest BCUT2D eigenvalue weighted by Crippen LogP contribution is 2.13. The van der Waals surface area contributed by atoms with E-state index in [9.17, 15) is 0 Å². The van der Waals surface area contributed by atoms with Crippen molar-refractivity contribution in [1.82, 2.24) is 5.32 Å². The molecular weight excluding hydrogens is 200 g/mol. The zero-order valence-electron chi connectivity index (χ0n) is 8.66. The Morgan fingerprint density at radius 1 is 1.64 bits per heavy atom. The second-order valence-corrected chi connectivity index (χ2v) is 4.36. The molecule has 3 N–H and O–H groups in total. The Hall–Kier alpha value is -0.280. The molecule has 0 fully saturated rings. The predicted molar refractivity (Wildman–Crippen MR) is 58.1 cm³/mol. The molecule has 82 valence electrons. The average molecular weight is 218 g/mol. The van der Waals surface area contributed by atoms with Crippen LogP contribution in [0.1, 0.15) is 13.8 Å². The first-order valence-electron chi connectivity index (χ1n) is 4.61. The van der Waals surface area contributed by atoms with Gasteiger partial charge in [0.2, 0.25) is 0 Å². The maximum absolute atomic E-state index is 9.08. The number of nitrogens with one attached hydrogen (secondary N) is 1. The topological polar surface area (TPSA) is 76.3 Å². The third-order valence-corrected chi connectivity index (χ3v) is 3.13. The van der Waals surface area contributed by atoms with Crippen molar-refractivity contribution in [2.75, 3.05) is 24.7 Å². The van der Waals surface area contributed by atoms with E-state index in [0.29, 0.717) is 11.5 Å². The van der Waals surface area contributed by atoms with Gasteiger partial charge in [0.05, 0.1) is 18.8 Å². The molecule has 14 heavy (non-hydrogen) atoms. The van der Waals surface area contributed by atoms with Gasteiger partial charge in [-0.05, 0) is 13.5 Å². The summed E-state index contributed by atoms with van der Waals surface area (Å²) in [6, 6.07) is 2.20. The third-order valence-electron chi connectivity index (χ3n) is 1.73. The van der Waals surface area contributed by atoms with Crippen molar-refractivity contribution in [3.8, 4) is 6.07 Å². The molecule has 0 heterocycles. The predicted octanol–water partition coefficient (Wildman–Crippen LogP) is -0.0354. The van der Waals surface area contributed by atoms with Crippen LogP contribution in [-0.4, -0.2) is 46.5 Å². The number of hydrogen-bond acceptors (Lipinski definition) is 5. The molecule has 0 bridgehead atoms. The van der Waals surface area contributed by atoms with Gasteiger partial charge in [-0.2, -0.15) is 17.0 Å². The Balaban J connectivity index is 3.79. The maximum Gasteiger partial charge on any atom is 0.113 e. The normalized spacial score (nSPS) is 17.1. The zero-order valence-corrected chi connectivity index (χ0v) is 9.47. The van der Waals surface area contributed by atoms with E-state index >= 15 is 0 Å². The fourth-order valence-electron chi connectivity index (χ4n) is 0.965. The average Bonchev–Trinajstić information content (AvgIpc) is 2.18. The Bertz CT molecular complexity index is 196. The molecule has 0 aliphatic carbocycles. The minimum Gasteiger partial charge on any atom is -0.394 e. The summed E-state index contributed by atoms with van der Waals surface area (Å²) in [6.45, 7) is 4.29. The van der Waals surface area contributed by atoms with E-state index in [1.807, 2.05) is 13.8 Å². The van der Waals surface area contributed by atoms with E-state index in [0.717, 1.165) is 6.54 Å². The summed E-state index contributed by atoms with van der Waals surface area (Å²) in [5.41, 5.74) is -0.547. The summed E-state index contributed by atoms with van der Waals surface area (Å²) in [6.07, 6.45) is -0.690. The highest BCUT2D eigenvalue weighted by molar-refractivity contribution is 7.99. The van der Waals surface area contributed by atoms with E-state index in [1.54, 1.807) is 0 Å². The number of nitriles is 1. The van der Waals surface area contributed by atoms with Crippen molar-refractivity contribution < 1.29 is 10.2 Å². The highest BCUT2D eigenvalue weighted by Gasteiger charge is 2.22. The van der Waals surface area contributed by atoms with Gasteiger partial charge in [0.15, 0.2) is 0 Å². The van der Waals surface area contributed by atoms with Gasteiger partial charge in [0.25, 0.3) is 0 Å². The first-order valence-corrected chi connectivity index (χ1v) is 5.76. The van der Waals surface area contributed by atoms with Crippen molar-refractivity contribution in [2.45, 2.75) is 25.5 Å². The van der Waals surface area contributed by atoms with Crippen LogP contribution in [0.4, 0.5) is 0 Å². The van der Waals surface area contributed by atoms with E-state index < -0.39 is 11.6 Å². The van der Waals surface area contributed by atoms with Gasteiger partial charge in [0, 0.05) is 11.5 Å². The van der Waals surface area contributed by atoms with E-state index in [4.69, 9.17) is 15.5 Å². The van der Waals surface area contributed by atoms with Gasteiger partial charge in [0.1, 0.15) is 5.54 Å². The molecule has 0 amide bonds. The van der Waals surface area contributed by atoms with Crippen LogP contribution in [0.3, 0.4) is 0 Å². The van der Waals surface area contributed by atoms with Crippen molar-refractivity contribution in [3.05, 3.63) is 0 Å². The Kier molecular flexibility index (Phi) is 6.93. The smallest absolute Gasteiger partial charge is 0.113 e. The minimum atomic E-state index is -0.690.